The molecule has 0 aliphatic carbocycles. The number of aromatic nitrogens is 3. The number of nitrogens with one attached hydrogen (secondary N) is 1. The number of fused-ring (bicyclic) bond motifs is 1. The molecule has 3 aromatic heterocycles. The molecule has 0 unspecified atom stereocenters. The molecule has 0 aliphatic rings. The van der Waals surface area contributed by atoms with Gasteiger partial charge in [0.05, 0.1) is 5.39 Å². The van der Waals surface area contributed by atoms with Crippen molar-refractivity contribution in [1.82, 2.24) is 15.0 Å². The lowest BCUT2D eigenvalue weighted by molar-refractivity contribution is 1.08. The highest BCUT2D eigenvalue weighted by atomic mass is 32.1. The third-order valence-electron chi connectivity index (χ3n) is 3.51. The van der Waals surface area contributed by atoms with Gasteiger partial charge < -0.3 is 5.32 Å². The van der Waals surface area contributed by atoms with Crippen molar-refractivity contribution in [2.24, 2.45) is 0 Å². The van der Waals surface area contributed by atoms with Crippen molar-refractivity contribution >= 4 is 27.4 Å². The molecule has 0 aromatic carbocycles. The number of thiophene rings is 1. The maximum Gasteiger partial charge on any atom is 0.181 e. The fraction of sp³-hybridized carbons (Fsp3) is 0.312. The van der Waals surface area contributed by atoms with Crippen LogP contribution in [-0.4, -0.2) is 22.0 Å². The lowest BCUT2D eigenvalue weighted by atomic mass is 10.1. The normalized spacial score (nSPS) is 11.0. The van der Waals surface area contributed by atoms with E-state index in [1.54, 1.807) is 17.5 Å². The van der Waals surface area contributed by atoms with Crippen molar-refractivity contribution in [3.63, 3.8) is 0 Å². The quantitative estimate of drug-likeness (QED) is 0.793. The molecule has 3 rings (SSSR count). The molecule has 0 aliphatic heterocycles. The second kappa shape index (κ2) is 5.77. The van der Waals surface area contributed by atoms with Gasteiger partial charge in [0.15, 0.2) is 5.82 Å². The Hall–Kier alpha value is -2.01. The van der Waals surface area contributed by atoms with E-state index in [2.05, 4.69) is 41.3 Å². The maximum atomic E-state index is 4.74. The molecule has 5 heteroatoms. The monoisotopic (exact) mass is 298 g/mol. The minimum absolute atomic E-state index is 0.703. The van der Waals surface area contributed by atoms with Gasteiger partial charge in [0.1, 0.15) is 16.3 Å². The predicted molar refractivity (Wildman–Crippen MR) is 88.9 cm³/mol. The molecule has 0 spiro atoms. The highest BCUT2D eigenvalue weighted by Crippen LogP contribution is 2.31. The van der Waals surface area contributed by atoms with Gasteiger partial charge in [-0.15, -0.1) is 11.3 Å². The predicted octanol–water partition coefficient (Wildman–Crippen LogP) is 3.92. The van der Waals surface area contributed by atoms with Gasteiger partial charge in [-0.2, -0.15) is 0 Å². The van der Waals surface area contributed by atoms with Crippen LogP contribution in [0.4, 0.5) is 5.82 Å². The Labute approximate surface area is 128 Å². The van der Waals surface area contributed by atoms with Gasteiger partial charge >= 0.3 is 0 Å². The van der Waals surface area contributed by atoms with E-state index in [0.29, 0.717) is 5.82 Å². The van der Waals surface area contributed by atoms with Crippen LogP contribution < -0.4 is 5.32 Å². The smallest absolute Gasteiger partial charge is 0.181 e. The molecule has 21 heavy (non-hydrogen) atoms. The SMILES string of the molecule is CCc1cc2c(NC)nc(-c3ncccc3CC)nc2s1. The summed E-state index contributed by atoms with van der Waals surface area (Å²) in [4.78, 5) is 16.2. The minimum atomic E-state index is 0.703. The molecule has 0 fully saturated rings. The lowest BCUT2D eigenvalue weighted by Crippen LogP contribution is -2.00. The summed E-state index contributed by atoms with van der Waals surface area (Å²) in [6.45, 7) is 4.28. The van der Waals surface area contributed by atoms with E-state index in [9.17, 15) is 0 Å². The van der Waals surface area contributed by atoms with Gasteiger partial charge in [-0.1, -0.05) is 19.9 Å². The molecular weight excluding hydrogens is 280 g/mol. The Balaban J connectivity index is 2.23. The topological polar surface area (TPSA) is 50.7 Å². The zero-order valence-electron chi connectivity index (χ0n) is 12.5. The van der Waals surface area contributed by atoms with Gasteiger partial charge in [0.25, 0.3) is 0 Å². The second-order valence-electron chi connectivity index (χ2n) is 4.80. The highest BCUT2D eigenvalue weighted by Gasteiger charge is 2.14. The van der Waals surface area contributed by atoms with Crippen molar-refractivity contribution in [1.29, 1.82) is 0 Å². The van der Waals surface area contributed by atoms with Gasteiger partial charge in [0.2, 0.25) is 0 Å². The summed E-state index contributed by atoms with van der Waals surface area (Å²) in [5.41, 5.74) is 2.05. The summed E-state index contributed by atoms with van der Waals surface area (Å²) in [6.07, 6.45) is 3.74. The van der Waals surface area contributed by atoms with Crippen LogP contribution in [0.5, 0.6) is 0 Å². The number of anilines is 1. The second-order valence-corrected chi connectivity index (χ2v) is 5.91. The lowest BCUT2D eigenvalue weighted by Gasteiger charge is -2.07. The summed E-state index contributed by atoms with van der Waals surface area (Å²) < 4.78 is 0. The number of pyridine rings is 1. The first-order valence-electron chi connectivity index (χ1n) is 7.19. The van der Waals surface area contributed by atoms with Crippen molar-refractivity contribution < 1.29 is 0 Å². The first kappa shape index (κ1) is 13.9. The van der Waals surface area contributed by atoms with Gasteiger partial charge in [0, 0.05) is 18.1 Å². The third-order valence-corrected chi connectivity index (χ3v) is 4.69. The molecule has 0 saturated heterocycles. The molecule has 3 heterocycles. The number of rotatable bonds is 4. The van der Waals surface area contributed by atoms with E-state index < -0.39 is 0 Å². The summed E-state index contributed by atoms with van der Waals surface area (Å²) >= 11 is 1.73. The highest BCUT2D eigenvalue weighted by molar-refractivity contribution is 7.18. The van der Waals surface area contributed by atoms with Crippen molar-refractivity contribution in [3.05, 3.63) is 34.8 Å². The van der Waals surface area contributed by atoms with Gasteiger partial charge in [-0.25, -0.2) is 9.97 Å². The number of hydrogen-bond donors (Lipinski definition) is 1. The molecule has 1 N–H and O–H groups in total. The van der Waals surface area contributed by atoms with E-state index in [1.807, 2.05) is 13.1 Å². The fourth-order valence-corrected chi connectivity index (χ4v) is 3.33. The molecule has 0 atom stereocenters. The van der Waals surface area contributed by atoms with E-state index in [1.165, 1.54) is 10.4 Å². The molecule has 0 bridgehead atoms. The zero-order valence-corrected chi connectivity index (χ0v) is 13.3. The fourth-order valence-electron chi connectivity index (χ4n) is 2.37. The summed E-state index contributed by atoms with van der Waals surface area (Å²) in [5, 5.41) is 4.28. The molecule has 3 aromatic rings. The Morgan fingerprint density at radius 2 is 2.05 bits per heavy atom. The Morgan fingerprint density at radius 1 is 1.19 bits per heavy atom. The van der Waals surface area contributed by atoms with Gasteiger partial charge in [-0.05, 0) is 30.5 Å². The van der Waals surface area contributed by atoms with Crippen LogP contribution >= 0.6 is 11.3 Å². The standard InChI is InChI=1S/C16H18N4S/c1-4-10-7-6-8-18-13(10)15-19-14(17-3)12-9-11(5-2)21-16(12)20-15/h6-9H,4-5H2,1-3H3,(H,17,19,20). The average molecular weight is 298 g/mol. The molecule has 0 saturated carbocycles. The van der Waals surface area contributed by atoms with Crippen molar-refractivity contribution in [2.45, 2.75) is 26.7 Å². The van der Waals surface area contributed by atoms with Crippen molar-refractivity contribution in [2.75, 3.05) is 12.4 Å². The summed E-state index contributed by atoms with van der Waals surface area (Å²) in [6, 6.07) is 6.22. The molecule has 108 valence electrons. The van der Waals surface area contributed by atoms with E-state index in [4.69, 9.17) is 4.98 Å². The van der Waals surface area contributed by atoms with Crippen LogP contribution in [0.15, 0.2) is 24.4 Å². The van der Waals surface area contributed by atoms with E-state index in [0.717, 1.165) is 34.6 Å². The maximum absolute atomic E-state index is 4.74. The molecular formula is C16H18N4S. The van der Waals surface area contributed by atoms with Crippen LogP contribution in [0, 0.1) is 0 Å². The first-order chi connectivity index (χ1) is 10.3. The molecule has 0 radical (unpaired) electrons. The molecule has 0 amide bonds. The Morgan fingerprint density at radius 3 is 2.76 bits per heavy atom. The van der Waals surface area contributed by atoms with Crippen LogP contribution in [0.1, 0.15) is 24.3 Å². The average Bonchev–Trinajstić information content (AvgIpc) is 2.97. The van der Waals surface area contributed by atoms with E-state index >= 15 is 0 Å². The zero-order chi connectivity index (χ0) is 14.8. The first-order valence-corrected chi connectivity index (χ1v) is 8.00. The molecule has 4 nitrogen and oxygen atoms in total. The largest absolute Gasteiger partial charge is 0.372 e. The minimum Gasteiger partial charge on any atom is -0.372 e. The van der Waals surface area contributed by atoms with Crippen LogP contribution in [0.25, 0.3) is 21.7 Å². The number of nitrogens with zero attached hydrogens (tertiary/aromatic N) is 3. The number of aryl methyl sites for hydroxylation is 2. The van der Waals surface area contributed by atoms with Crippen molar-refractivity contribution in [3.8, 4) is 11.5 Å². The summed E-state index contributed by atoms with van der Waals surface area (Å²) in [5.74, 6) is 1.58. The Kier molecular flexibility index (Phi) is 3.84. The third kappa shape index (κ3) is 2.49. The summed E-state index contributed by atoms with van der Waals surface area (Å²) in [7, 11) is 1.90. The van der Waals surface area contributed by atoms with Gasteiger partial charge in [-0.3, -0.25) is 4.98 Å². The Bertz CT molecular complexity index is 779. The van der Waals surface area contributed by atoms with E-state index in [-0.39, 0.29) is 0 Å². The number of hydrogen-bond acceptors (Lipinski definition) is 5. The van der Waals surface area contributed by atoms with Crippen LogP contribution in [0.2, 0.25) is 0 Å². The van der Waals surface area contributed by atoms with Crippen LogP contribution in [0.3, 0.4) is 0 Å². The van der Waals surface area contributed by atoms with Crippen LogP contribution in [-0.2, 0) is 12.8 Å².